The number of allylic oxidation sites excluding steroid dienone is 1. The SMILES string of the molecule is CC[C@@H](C)NC(=O)CN1CCN(C(=O)/C(F)=C\C2CCCCC2)CC1. The molecule has 2 amide bonds. The van der Waals surface area contributed by atoms with Gasteiger partial charge >= 0.3 is 0 Å². The molecule has 25 heavy (non-hydrogen) atoms. The highest BCUT2D eigenvalue weighted by Crippen LogP contribution is 2.26. The number of piperazine rings is 1. The molecule has 2 rings (SSSR count). The molecule has 0 unspecified atom stereocenters. The first-order valence-electron chi connectivity index (χ1n) is 9.68. The van der Waals surface area contributed by atoms with Crippen LogP contribution in [0.15, 0.2) is 11.9 Å². The second-order valence-corrected chi connectivity index (χ2v) is 7.36. The van der Waals surface area contributed by atoms with E-state index in [-0.39, 0.29) is 17.9 Å². The molecule has 2 fully saturated rings. The summed E-state index contributed by atoms with van der Waals surface area (Å²) in [6.07, 6.45) is 7.88. The fourth-order valence-corrected chi connectivity index (χ4v) is 3.46. The van der Waals surface area contributed by atoms with Crippen molar-refractivity contribution in [2.45, 2.75) is 58.4 Å². The smallest absolute Gasteiger partial charge is 0.282 e. The van der Waals surface area contributed by atoms with Crippen LogP contribution in [-0.4, -0.2) is 60.4 Å². The van der Waals surface area contributed by atoms with Crippen LogP contribution < -0.4 is 5.32 Å². The molecular weight excluding hydrogens is 321 g/mol. The summed E-state index contributed by atoms with van der Waals surface area (Å²) in [4.78, 5) is 27.8. The Morgan fingerprint density at radius 2 is 1.80 bits per heavy atom. The number of halogens is 1. The Bertz CT molecular complexity index is 481. The largest absolute Gasteiger partial charge is 0.353 e. The number of nitrogens with one attached hydrogen (secondary N) is 1. The first-order valence-corrected chi connectivity index (χ1v) is 9.68. The van der Waals surface area contributed by atoms with Crippen molar-refractivity contribution < 1.29 is 14.0 Å². The summed E-state index contributed by atoms with van der Waals surface area (Å²) in [6.45, 7) is 6.52. The highest BCUT2D eigenvalue weighted by atomic mass is 19.1. The van der Waals surface area contributed by atoms with Crippen LogP contribution in [0.4, 0.5) is 4.39 Å². The van der Waals surface area contributed by atoms with Crippen molar-refractivity contribution >= 4 is 11.8 Å². The lowest BCUT2D eigenvalue weighted by atomic mass is 9.89. The Morgan fingerprint density at radius 1 is 1.16 bits per heavy atom. The molecule has 1 saturated carbocycles. The number of hydrogen-bond acceptors (Lipinski definition) is 3. The Kier molecular flexibility index (Phi) is 7.88. The number of nitrogens with zero attached hydrogens (tertiary/aromatic N) is 2. The Labute approximate surface area is 150 Å². The lowest BCUT2D eigenvalue weighted by Crippen LogP contribution is -2.51. The van der Waals surface area contributed by atoms with Crippen molar-refractivity contribution in [3.8, 4) is 0 Å². The fourth-order valence-electron chi connectivity index (χ4n) is 3.46. The van der Waals surface area contributed by atoms with Gasteiger partial charge in [0.25, 0.3) is 5.91 Å². The zero-order valence-corrected chi connectivity index (χ0v) is 15.6. The number of amides is 2. The number of carbonyl (C=O) groups excluding carboxylic acids is 2. The van der Waals surface area contributed by atoms with E-state index in [0.717, 1.165) is 32.1 Å². The topological polar surface area (TPSA) is 52.7 Å². The van der Waals surface area contributed by atoms with E-state index in [2.05, 4.69) is 5.32 Å². The standard InChI is InChI=1S/C19H32FN3O2/c1-3-15(2)21-18(24)14-22-9-11-23(12-10-22)19(25)17(20)13-16-7-5-4-6-8-16/h13,15-16H,3-12,14H2,1-2H3,(H,21,24)/b17-13+/t15-/m1/s1. The number of rotatable bonds is 6. The number of hydrogen-bond donors (Lipinski definition) is 1. The molecule has 142 valence electrons. The van der Waals surface area contributed by atoms with Crippen LogP contribution in [0.2, 0.25) is 0 Å². The van der Waals surface area contributed by atoms with Gasteiger partial charge in [-0.25, -0.2) is 4.39 Å². The highest BCUT2D eigenvalue weighted by Gasteiger charge is 2.25. The van der Waals surface area contributed by atoms with Gasteiger partial charge in [0.2, 0.25) is 5.91 Å². The van der Waals surface area contributed by atoms with Crippen LogP contribution in [0.3, 0.4) is 0 Å². The maximum Gasteiger partial charge on any atom is 0.282 e. The summed E-state index contributed by atoms with van der Waals surface area (Å²) < 4.78 is 14.2. The summed E-state index contributed by atoms with van der Waals surface area (Å²) in [7, 11) is 0. The van der Waals surface area contributed by atoms with Crippen molar-refractivity contribution in [1.82, 2.24) is 15.1 Å². The predicted octanol–water partition coefficient (Wildman–Crippen LogP) is 2.48. The molecule has 1 aliphatic carbocycles. The van der Waals surface area contributed by atoms with Crippen molar-refractivity contribution in [3.05, 3.63) is 11.9 Å². The summed E-state index contributed by atoms with van der Waals surface area (Å²) in [5, 5.41) is 2.94. The summed E-state index contributed by atoms with van der Waals surface area (Å²) in [5.41, 5.74) is 0. The molecule has 1 atom stereocenters. The summed E-state index contributed by atoms with van der Waals surface area (Å²) in [5.74, 6) is -0.870. The maximum absolute atomic E-state index is 14.2. The van der Waals surface area contributed by atoms with E-state index in [9.17, 15) is 14.0 Å². The third kappa shape index (κ3) is 6.42. The molecule has 0 aromatic carbocycles. The zero-order valence-electron chi connectivity index (χ0n) is 15.6. The summed E-state index contributed by atoms with van der Waals surface area (Å²) >= 11 is 0. The monoisotopic (exact) mass is 353 g/mol. The van der Waals surface area contributed by atoms with Crippen LogP contribution >= 0.6 is 0 Å². The van der Waals surface area contributed by atoms with E-state index in [0.29, 0.717) is 32.7 Å². The molecule has 1 saturated heterocycles. The van der Waals surface area contributed by atoms with Gasteiger partial charge in [-0.2, -0.15) is 0 Å². The molecule has 0 radical (unpaired) electrons. The Balaban J connectivity index is 1.76. The lowest BCUT2D eigenvalue weighted by molar-refractivity contribution is -0.131. The van der Waals surface area contributed by atoms with Crippen molar-refractivity contribution in [3.63, 3.8) is 0 Å². The third-order valence-electron chi connectivity index (χ3n) is 5.28. The molecule has 0 spiro atoms. The zero-order chi connectivity index (χ0) is 18.2. The molecule has 1 aliphatic heterocycles. The van der Waals surface area contributed by atoms with Gasteiger partial charge in [0, 0.05) is 32.2 Å². The van der Waals surface area contributed by atoms with E-state index in [1.807, 2.05) is 18.7 Å². The first-order chi connectivity index (χ1) is 12.0. The fraction of sp³-hybridized carbons (Fsp3) is 0.789. The van der Waals surface area contributed by atoms with Crippen molar-refractivity contribution in [1.29, 1.82) is 0 Å². The van der Waals surface area contributed by atoms with E-state index >= 15 is 0 Å². The van der Waals surface area contributed by atoms with Gasteiger partial charge < -0.3 is 10.2 Å². The van der Waals surface area contributed by atoms with Gasteiger partial charge in [0.1, 0.15) is 0 Å². The predicted molar refractivity (Wildman–Crippen MR) is 96.7 cm³/mol. The molecule has 0 aromatic heterocycles. The second-order valence-electron chi connectivity index (χ2n) is 7.36. The highest BCUT2D eigenvalue weighted by molar-refractivity contribution is 5.91. The van der Waals surface area contributed by atoms with Crippen LogP contribution in [0.5, 0.6) is 0 Å². The van der Waals surface area contributed by atoms with Crippen LogP contribution in [0.1, 0.15) is 52.4 Å². The molecule has 1 N–H and O–H groups in total. The third-order valence-corrected chi connectivity index (χ3v) is 5.28. The van der Waals surface area contributed by atoms with Gasteiger partial charge in [0.05, 0.1) is 6.54 Å². The van der Waals surface area contributed by atoms with Crippen molar-refractivity contribution in [2.75, 3.05) is 32.7 Å². The molecule has 0 aromatic rings. The van der Waals surface area contributed by atoms with Crippen molar-refractivity contribution in [2.24, 2.45) is 5.92 Å². The lowest BCUT2D eigenvalue weighted by Gasteiger charge is -2.34. The van der Waals surface area contributed by atoms with Crippen LogP contribution in [-0.2, 0) is 9.59 Å². The van der Waals surface area contributed by atoms with E-state index in [1.165, 1.54) is 12.5 Å². The quantitative estimate of drug-likeness (QED) is 0.747. The van der Waals surface area contributed by atoms with Crippen LogP contribution in [0.25, 0.3) is 0 Å². The van der Waals surface area contributed by atoms with E-state index < -0.39 is 11.7 Å². The molecule has 1 heterocycles. The number of carbonyl (C=O) groups is 2. The minimum atomic E-state index is -0.602. The van der Waals surface area contributed by atoms with Gasteiger partial charge in [-0.05, 0) is 38.2 Å². The van der Waals surface area contributed by atoms with E-state index in [1.54, 1.807) is 4.90 Å². The van der Waals surface area contributed by atoms with E-state index in [4.69, 9.17) is 0 Å². The minimum absolute atomic E-state index is 0.0116. The average Bonchev–Trinajstić information content (AvgIpc) is 2.62. The molecule has 5 nitrogen and oxygen atoms in total. The Hall–Kier alpha value is -1.43. The first kappa shape index (κ1) is 19.9. The Morgan fingerprint density at radius 3 is 2.40 bits per heavy atom. The maximum atomic E-state index is 14.2. The normalized spacial score (nSPS) is 21.9. The van der Waals surface area contributed by atoms with Gasteiger partial charge in [-0.1, -0.05) is 26.2 Å². The summed E-state index contributed by atoms with van der Waals surface area (Å²) in [6, 6.07) is 0.175. The van der Waals surface area contributed by atoms with Gasteiger partial charge in [0.15, 0.2) is 5.83 Å². The van der Waals surface area contributed by atoms with Gasteiger partial charge in [-0.15, -0.1) is 0 Å². The van der Waals surface area contributed by atoms with Crippen LogP contribution in [0, 0.1) is 5.92 Å². The second kappa shape index (κ2) is 9.90. The molecule has 0 bridgehead atoms. The minimum Gasteiger partial charge on any atom is -0.353 e. The van der Waals surface area contributed by atoms with Gasteiger partial charge in [-0.3, -0.25) is 14.5 Å². The average molecular weight is 353 g/mol. The molecule has 6 heteroatoms. The molecule has 2 aliphatic rings. The molecular formula is C19H32FN3O2.